The van der Waals surface area contributed by atoms with E-state index in [0.29, 0.717) is 35.5 Å². The van der Waals surface area contributed by atoms with Gasteiger partial charge >= 0.3 is 0 Å². The van der Waals surface area contributed by atoms with Crippen LogP contribution >= 0.6 is 0 Å². The van der Waals surface area contributed by atoms with Crippen LogP contribution in [0.2, 0.25) is 0 Å². The molecule has 0 spiro atoms. The molecule has 0 aliphatic rings. The first-order chi connectivity index (χ1) is 12.0. The quantitative estimate of drug-likeness (QED) is 0.847. The summed E-state index contributed by atoms with van der Waals surface area (Å²) >= 11 is 0. The lowest BCUT2D eigenvalue weighted by molar-refractivity contribution is 0.0772. The molecule has 130 valence electrons. The molecule has 3 N–H and O–H groups in total. The third kappa shape index (κ3) is 4.44. The normalized spacial score (nSPS) is 10.2. The molecule has 0 fully saturated rings. The van der Waals surface area contributed by atoms with Crippen LogP contribution < -0.4 is 11.1 Å². The summed E-state index contributed by atoms with van der Waals surface area (Å²) in [5, 5.41) is 2.75. The number of nitrogens with one attached hydrogen (secondary N) is 1. The van der Waals surface area contributed by atoms with Crippen molar-refractivity contribution in [2.75, 3.05) is 18.4 Å². The predicted molar refractivity (Wildman–Crippen MR) is 96.6 cm³/mol. The Morgan fingerprint density at radius 2 is 1.32 bits per heavy atom. The van der Waals surface area contributed by atoms with Crippen molar-refractivity contribution in [2.24, 2.45) is 5.73 Å². The number of primary amides is 1. The highest BCUT2D eigenvalue weighted by molar-refractivity contribution is 6.05. The number of hydrogen-bond acceptors (Lipinski definition) is 3. The van der Waals surface area contributed by atoms with E-state index in [-0.39, 0.29) is 11.8 Å². The molecule has 2 rings (SSSR count). The van der Waals surface area contributed by atoms with Crippen molar-refractivity contribution in [3.63, 3.8) is 0 Å². The number of carbonyl (C=O) groups is 3. The summed E-state index contributed by atoms with van der Waals surface area (Å²) in [7, 11) is 0. The lowest BCUT2D eigenvalue weighted by atomic mass is 10.1. The van der Waals surface area contributed by atoms with Crippen LogP contribution in [0.1, 0.15) is 44.9 Å². The summed E-state index contributed by atoms with van der Waals surface area (Å²) in [5.74, 6) is -0.885. The van der Waals surface area contributed by atoms with Gasteiger partial charge in [0.2, 0.25) is 5.91 Å². The van der Waals surface area contributed by atoms with E-state index in [4.69, 9.17) is 5.73 Å². The number of amides is 3. The molecule has 0 atom stereocenters. The Bertz CT molecular complexity index is 764. The maximum atomic E-state index is 12.2. The monoisotopic (exact) mass is 339 g/mol. The number of rotatable bonds is 6. The second-order valence-electron chi connectivity index (χ2n) is 5.45. The fourth-order valence-corrected chi connectivity index (χ4v) is 2.38. The van der Waals surface area contributed by atoms with Crippen molar-refractivity contribution in [3.05, 3.63) is 65.2 Å². The smallest absolute Gasteiger partial charge is 0.255 e. The predicted octanol–water partition coefficient (Wildman–Crippen LogP) is 2.52. The van der Waals surface area contributed by atoms with Crippen LogP contribution in [-0.2, 0) is 0 Å². The highest BCUT2D eigenvalue weighted by Gasteiger charge is 2.13. The fourth-order valence-electron chi connectivity index (χ4n) is 2.38. The molecular formula is C19H21N3O3. The Morgan fingerprint density at radius 3 is 1.80 bits per heavy atom. The zero-order valence-electron chi connectivity index (χ0n) is 14.3. The Kier molecular flexibility index (Phi) is 5.89. The highest BCUT2D eigenvalue weighted by atomic mass is 16.2. The van der Waals surface area contributed by atoms with E-state index in [2.05, 4.69) is 5.32 Å². The molecule has 0 unspecified atom stereocenters. The summed E-state index contributed by atoms with van der Waals surface area (Å²) in [4.78, 5) is 37.2. The Labute approximate surface area is 146 Å². The Balaban J connectivity index is 2.06. The zero-order valence-corrected chi connectivity index (χ0v) is 14.3. The van der Waals surface area contributed by atoms with Gasteiger partial charge < -0.3 is 16.0 Å². The van der Waals surface area contributed by atoms with Gasteiger partial charge in [-0.1, -0.05) is 0 Å². The SMILES string of the molecule is CCN(CC)C(=O)c1ccc(NC(=O)c2ccc(C(N)=O)cc2)cc1. The molecule has 0 saturated heterocycles. The van der Waals surface area contributed by atoms with E-state index in [9.17, 15) is 14.4 Å². The molecule has 2 aromatic carbocycles. The Hall–Kier alpha value is -3.15. The van der Waals surface area contributed by atoms with Crippen molar-refractivity contribution >= 4 is 23.4 Å². The molecule has 0 saturated carbocycles. The van der Waals surface area contributed by atoms with E-state index in [1.165, 1.54) is 24.3 Å². The van der Waals surface area contributed by atoms with Gasteiger partial charge in [0.25, 0.3) is 11.8 Å². The van der Waals surface area contributed by atoms with Gasteiger partial charge in [0, 0.05) is 35.5 Å². The van der Waals surface area contributed by atoms with Crippen LogP contribution in [-0.4, -0.2) is 35.7 Å². The number of nitrogens with two attached hydrogens (primary N) is 1. The van der Waals surface area contributed by atoms with Gasteiger partial charge in [0.15, 0.2) is 0 Å². The van der Waals surface area contributed by atoms with E-state index >= 15 is 0 Å². The summed E-state index contributed by atoms with van der Waals surface area (Å²) in [5.41, 5.74) is 7.09. The molecule has 6 heteroatoms. The minimum Gasteiger partial charge on any atom is -0.366 e. The molecule has 0 radical (unpaired) electrons. The van der Waals surface area contributed by atoms with E-state index in [0.717, 1.165) is 0 Å². The van der Waals surface area contributed by atoms with Crippen molar-refractivity contribution in [2.45, 2.75) is 13.8 Å². The maximum Gasteiger partial charge on any atom is 0.255 e. The molecule has 2 aromatic rings. The number of hydrogen-bond donors (Lipinski definition) is 2. The van der Waals surface area contributed by atoms with Gasteiger partial charge in [-0.3, -0.25) is 14.4 Å². The van der Waals surface area contributed by atoms with Crippen LogP contribution in [0.5, 0.6) is 0 Å². The summed E-state index contributed by atoms with van der Waals surface area (Å²) in [6.45, 7) is 5.16. The number of anilines is 1. The number of nitrogens with zero attached hydrogens (tertiary/aromatic N) is 1. The second-order valence-corrected chi connectivity index (χ2v) is 5.45. The average molecular weight is 339 g/mol. The zero-order chi connectivity index (χ0) is 18.4. The fraction of sp³-hybridized carbons (Fsp3) is 0.211. The van der Waals surface area contributed by atoms with Crippen molar-refractivity contribution in [1.82, 2.24) is 4.90 Å². The first-order valence-corrected chi connectivity index (χ1v) is 8.06. The minimum atomic E-state index is -0.541. The van der Waals surface area contributed by atoms with E-state index in [1.807, 2.05) is 13.8 Å². The Morgan fingerprint density at radius 1 is 0.840 bits per heavy atom. The standard InChI is InChI=1S/C19H21N3O3/c1-3-22(4-2)19(25)15-9-11-16(12-10-15)21-18(24)14-7-5-13(6-8-14)17(20)23/h5-12H,3-4H2,1-2H3,(H2,20,23)(H,21,24). The molecule has 3 amide bonds. The van der Waals surface area contributed by atoms with Gasteiger partial charge in [-0.2, -0.15) is 0 Å². The van der Waals surface area contributed by atoms with Crippen LogP contribution in [0.4, 0.5) is 5.69 Å². The number of benzene rings is 2. The average Bonchev–Trinajstić information content (AvgIpc) is 2.63. The first-order valence-electron chi connectivity index (χ1n) is 8.06. The maximum absolute atomic E-state index is 12.2. The topological polar surface area (TPSA) is 92.5 Å². The van der Waals surface area contributed by atoms with Crippen LogP contribution in [0.3, 0.4) is 0 Å². The molecule has 0 bridgehead atoms. The molecular weight excluding hydrogens is 318 g/mol. The minimum absolute atomic E-state index is 0.0371. The molecule has 25 heavy (non-hydrogen) atoms. The third-order valence-electron chi connectivity index (χ3n) is 3.87. The summed E-state index contributed by atoms with van der Waals surface area (Å²) in [6, 6.07) is 12.8. The molecule has 0 aliphatic carbocycles. The second kappa shape index (κ2) is 8.10. The van der Waals surface area contributed by atoms with Crippen LogP contribution in [0.25, 0.3) is 0 Å². The van der Waals surface area contributed by atoms with Crippen LogP contribution in [0.15, 0.2) is 48.5 Å². The molecule has 0 heterocycles. The van der Waals surface area contributed by atoms with Gasteiger partial charge in [0.1, 0.15) is 0 Å². The van der Waals surface area contributed by atoms with E-state index < -0.39 is 5.91 Å². The summed E-state index contributed by atoms with van der Waals surface area (Å²) < 4.78 is 0. The van der Waals surface area contributed by atoms with Gasteiger partial charge in [-0.05, 0) is 62.4 Å². The molecule has 0 aliphatic heterocycles. The van der Waals surface area contributed by atoms with Gasteiger partial charge in [-0.25, -0.2) is 0 Å². The van der Waals surface area contributed by atoms with Gasteiger partial charge in [0.05, 0.1) is 0 Å². The third-order valence-corrected chi connectivity index (χ3v) is 3.87. The van der Waals surface area contributed by atoms with Gasteiger partial charge in [-0.15, -0.1) is 0 Å². The molecule has 6 nitrogen and oxygen atoms in total. The van der Waals surface area contributed by atoms with Crippen molar-refractivity contribution in [3.8, 4) is 0 Å². The van der Waals surface area contributed by atoms with Crippen molar-refractivity contribution in [1.29, 1.82) is 0 Å². The van der Waals surface area contributed by atoms with E-state index in [1.54, 1.807) is 29.2 Å². The first kappa shape index (κ1) is 18.2. The lowest BCUT2D eigenvalue weighted by Gasteiger charge is -2.18. The lowest BCUT2D eigenvalue weighted by Crippen LogP contribution is -2.30. The molecule has 0 aromatic heterocycles. The van der Waals surface area contributed by atoms with Crippen molar-refractivity contribution < 1.29 is 14.4 Å². The largest absolute Gasteiger partial charge is 0.366 e. The van der Waals surface area contributed by atoms with Crippen LogP contribution in [0, 0.1) is 0 Å². The summed E-state index contributed by atoms with van der Waals surface area (Å²) in [6.07, 6.45) is 0. The number of carbonyl (C=O) groups excluding carboxylic acids is 3. The highest BCUT2D eigenvalue weighted by Crippen LogP contribution is 2.13.